The summed E-state index contributed by atoms with van der Waals surface area (Å²) >= 11 is 0. The monoisotopic (exact) mass is 335 g/mol. The fourth-order valence-corrected chi connectivity index (χ4v) is 2.52. The maximum absolute atomic E-state index is 12.2. The number of nitrogens with zero attached hydrogens (tertiary/aromatic N) is 1. The third-order valence-corrected chi connectivity index (χ3v) is 3.82. The highest BCUT2D eigenvalue weighted by Crippen LogP contribution is 2.26. The van der Waals surface area contributed by atoms with Crippen LogP contribution in [-0.4, -0.2) is 17.1 Å². The van der Waals surface area contributed by atoms with Gasteiger partial charge in [0.15, 0.2) is 5.76 Å². The van der Waals surface area contributed by atoms with Gasteiger partial charge in [0, 0.05) is 35.3 Å². The van der Waals surface area contributed by atoms with E-state index in [1.165, 1.54) is 0 Å². The van der Waals surface area contributed by atoms with Gasteiger partial charge in [-0.25, -0.2) is 0 Å². The molecule has 1 amide bonds. The molecule has 0 aliphatic rings. The molecule has 1 heterocycles. The largest absolute Gasteiger partial charge is 0.356 e. The molecule has 3 aromatic rings. The third-order valence-electron chi connectivity index (χ3n) is 3.82. The third kappa shape index (κ3) is 3.95. The minimum Gasteiger partial charge on any atom is -0.356 e. The summed E-state index contributed by atoms with van der Waals surface area (Å²) in [5.74, 6) is 0.577. The molecular weight excluding hydrogens is 314 g/mol. The Balaban J connectivity index is 1.85. The molecule has 2 aromatic carbocycles. The maximum Gasteiger partial charge on any atom is 0.251 e. The van der Waals surface area contributed by atoms with Gasteiger partial charge in [-0.05, 0) is 31.5 Å². The zero-order chi connectivity index (χ0) is 17.8. The van der Waals surface area contributed by atoms with Crippen molar-refractivity contribution in [2.24, 2.45) is 5.73 Å². The molecule has 3 rings (SSSR count). The Morgan fingerprint density at radius 2 is 1.88 bits per heavy atom. The molecule has 0 fully saturated rings. The lowest BCUT2D eigenvalue weighted by Crippen LogP contribution is -2.30. The summed E-state index contributed by atoms with van der Waals surface area (Å²) in [6.45, 7) is 4.37. The van der Waals surface area contributed by atoms with Gasteiger partial charge < -0.3 is 15.6 Å². The van der Waals surface area contributed by atoms with E-state index in [9.17, 15) is 4.79 Å². The van der Waals surface area contributed by atoms with Crippen LogP contribution in [-0.2, 0) is 6.54 Å². The fourth-order valence-electron chi connectivity index (χ4n) is 2.52. The lowest BCUT2D eigenvalue weighted by atomic mass is 10.1. The van der Waals surface area contributed by atoms with Gasteiger partial charge >= 0.3 is 0 Å². The van der Waals surface area contributed by atoms with Crippen molar-refractivity contribution in [2.45, 2.75) is 26.4 Å². The number of rotatable bonds is 5. The van der Waals surface area contributed by atoms with E-state index in [1.807, 2.05) is 62.4 Å². The number of benzene rings is 2. The van der Waals surface area contributed by atoms with Crippen LogP contribution in [0, 0.1) is 0 Å². The van der Waals surface area contributed by atoms with E-state index in [2.05, 4.69) is 10.5 Å². The lowest BCUT2D eigenvalue weighted by Gasteiger charge is -2.08. The minimum atomic E-state index is -0.0991. The predicted octanol–water partition coefficient (Wildman–Crippen LogP) is 3.61. The van der Waals surface area contributed by atoms with Gasteiger partial charge in [-0.15, -0.1) is 0 Å². The van der Waals surface area contributed by atoms with Crippen LogP contribution in [0.3, 0.4) is 0 Å². The Hall–Kier alpha value is -2.92. The van der Waals surface area contributed by atoms with Gasteiger partial charge in [0.2, 0.25) is 0 Å². The quantitative estimate of drug-likeness (QED) is 0.746. The lowest BCUT2D eigenvalue weighted by molar-refractivity contribution is 0.0943. The van der Waals surface area contributed by atoms with Crippen LogP contribution >= 0.6 is 0 Å². The summed E-state index contributed by atoms with van der Waals surface area (Å²) in [5, 5.41) is 7.02. The SMILES string of the molecule is CC(C)NC(=O)c1cccc(-c2cc(-c3ccc(CN)cc3)on2)c1. The maximum atomic E-state index is 12.2. The second-order valence-corrected chi connectivity index (χ2v) is 6.19. The molecule has 0 spiro atoms. The predicted molar refractivity (Wildman–Crippen MR) is 97.9 cm³/mol. The molecule has 25 heavy (non-hydrogen) atoms. The topological polar surface area (TPSA) is 81.2 Å². The van der Waals surface area contributed by atoms with Gasteiger partial charge in [0.1, 0.15) is 5.69 Å². The number of hydrogen-bond donors (Lipinski definition) is 2. The first-order valence-corrected chi connectivity index (χ1v) is 8.24. The molecule has 0 unspecified atom stereocenters. The number of carbonyl (C=O) groups is 1. The molecule has 0 aliphatic carbocycles. The van der Waals surface area contributed by atoms with Crippen LogP contribution in [0.15, 0.2) is 59.1 Å². The van der Waals surface area contributed by atoms with E-state index < -0.39 is 0 Å². The van der Waals surface area contributed by atoms with Crippen molar-refractivity contribution in [2.75, 3.05) is 0 Å². The molecule has 0 saturated heterocycles. The highest BCUT2D eigenvalue weighted by atomic mass is 16.5. The van der Waals surface area contributed by atoms with E-state index in [-0.39, 0.29) is 11.9 Å². The second kappa shape index (κ2) is 7.32. The van der Waals surface area contributed by atoms with Crippen molar-refractivity contribution < 1.29 is 9.32 Å². The number of hydrogen-bond acceptors (Lipinski definition) is 4. The van der Waals surface area contributed by atoms with Gasteiger partial charge in [-0.1, -0.05) is 41.6 Å². The summed E-state index contributed by atoms with van der Waals surface area (Å²) in [7, 11) is 0. The number of carbonyl (C=O) groups excluding carboxylic acids is 1. The van der Waals surface area contributed by atoms with Crippen molar-refractivity contribution in [1.29, 1.82) is 0 Å². The normalized spacial score (nSPS) is 10.9. The summed E-state index contributed by atoms with van der Waals surface area (Å²) in [6.07, 6.45) is 0. The van der Waals surface area contributed by atoms with Crippen LogP contribution < -0.4 is 11.1 Å². The average molecular weight is 335 g/mol. The smallest absolute Gasteiger partial charge is 0.251 e. The molecule has 0 saturated carbocycles. The first kappa shape index (κ1) is 16.9. The van der Waals surface area contributed by atoms with Gasteiger partial charge in [-0.3, -0.25) is 4.79 Å². The Morgan fingerprint density at radius 1 is 1.12 bits per heavy atom. The second-order valence-electron chi connectivity index (χ2n) is 6.19. The standard InChI is InChI=1S/C20H21N3O2/c1-13(2)22-20(24)17-5-3-4-16(10-17)18-11-19(25-23-18)15-8-6-14(12-21)7-9-15/h3-11,13H,12,21H2,1-2H3,(H,22,24). The number of nitrogens with one attached hydrogen (secondary N) is 1. The molecule has 0 radical (unpaired) electrons. The van der Waals surface area contributed by atoms with Crippen molar-refractivity contribution in [3.05, 3.63) is 65.7 Å². The van der Waals surface area contributed by atoms with Crippen LogP contribution in [0.5, 0.6) is 0 Å². The van der Waals surface area contributed by atoms with Crippen molar-refractivity contribution in [1.82, 2.24) is 10.5 Å². The molecule has 5 nitrogen and oxygen atoms in total. The van der Waals surface area contributed by atoms with Gasteiger partial charge in [0.05, 0.1) is 0 Å². The van der Waals surface area contributed by atoms with Crippen molar-refractivity contribution >= 4 is 5.91 Å². The van der Waals surface area contributed by atoms with Crippen molar-refractivity contribution in [3.63, 3.8) is 0 Å². The number of nitrogens with two attached hydrogens (primary N) is 1. The molecular formula is C20H21N3O2. The Kier molecular flexibility index (Phi) is 4.95. The van der Waals surface area contributed by atoms with Crippen LogP contribution in [0.2, 0.25) is 0 Å². The van der Waals surface area contributed by atoms with E-state index in [1.54, 1.807) is 6.07 Å². The summed E-state index contributed by atoms with van der Waals surface area (Å²) < 4.78 is 5.46. The molecule has 5 heteroatoms. The van der Waals surface area contributed by atoms with E-state index >= 15 is 0 Å². The first-order chi connectivity index (χ1) is 12.1. The van der Waals surface area contributed by atoms with E-state index in [0.717, 1.165) is 16.7 Å². The van der Waals surface area contributed by atoms with Crippen molar-refractivity contribution in [3.8, 4) is 22.6 Å². The average Bonchev–Trinajstić information content (AvgIpc) is 3.11. The van der Waals surface area contributed by atoms with Crippen LogP contribution in [0.1, 0.15) is 29.8 Å². The zero-order valence-electron chi connectivity index (χ0n) is 14.3. The highest BCUT2D eigenvalue weighted by molar-refractivity contribution is 5.95. The molecule has 3 N–H and O–H groups in total. The minimum absolute atomic E-state index is 0.0892. The molecule has 0 atom stereocenters. The Morgan fingerprint density at radius 3 is 2.56 bits per heavy atom. The zero-order valence-corrected chi connectivity index (χ0v) is 14.3. The summed E-state index contributed by atoms with van der Waals surface area (Å²) in [6, 6.07) is 17.2. The number of amides is 1. The Bertz CT molecular complexity index is 867. The van der Waals surface area contributed by atoms with Gasteiger partial charge in [-0.2, -0.15) is 0 Å². The molecule has 1 aromatic heterocycles. The van der Waals surface area contributed by atoms with Crippen LogP contribution in [0.25, 0.3) is 22.6 Å². The number of aromatic nitrogens is 1. The van der Waals surface area contributed by atoms with E-state index in [4.69, 9.17) is 10.3 Å². The van der Waals surface area contributed by atoms with Crippen LogP contribution in [0.4, 0.5) is 0 Å². The van der Waals surface area contributed by atoms with Gasteiger partial charge in [0.25, 0.3) is 5.91 Å². The Labute approximate surface area is 146 Å². The fraction of sp³-hybridized carbons (Fsp3) is 0.200. The molecule has 0 bridgehead atoms. The molecule has 0 aliphatic heterocycles. The highest BCUT2D eigenvalue weighted by Gasteiger charge is 2.12. The first-order valence-electron chi connectivity index (χ1n) is 8.24. The summed E-state index contributed by atoms with van der Waals surface area (Å²) in [5.41, 5.74) is 9.75. The summed E-state index contributed by atoms with van der Waals surface area (Å²) in [4.78, 5) is 12.2. The van der Waals surface area contributed by atoms with E-state index in [0.29, 0.717) is 23.6 Å². The molecule has 128 valence electrons.